The number of primary amides is 1. The molecule has 1 rings (SSSR count). The lowest BCUT2D eigenvalue weighted by Gasteiger charge is -2.25. The standard InChI is InChI=1S/C12H15Cl2NO4/c1-7(19-12(15)16)11(18-6-17-2)10-8(13)4-3-5-9(10)14/h3-5,7,11H,6H2,1-2H3,(H2,15,16)/t7-,11+/m0/s1. The van der Waals surface area contributed by atoms with Crippen molar-refractivity contribution in [2.24, 2.45) is 5.73 Å². The molecule has 5 nitrogen and oxygen atoms in total. The fourth-order valence-electron chi connectivity index (χ4n) is 1.62. The highest BCUT2D eigenvalue weighted by molar-refractivity contribution is 6.36. The van der Waals surface area contributed by atoms with Crippen LogP contribution in [-0.2, 0) is 14.2 Å². The number of benzene rings is 1. The normalized spacial score (nSPS) is 13.9. The molecule has 0 aliphatic rings. The van der Waals surface area contributed by atoms with E-state index in [1.54, 1.807) is 25.1 Å². The van der Waals surface area contributed by atoms with Crippen LogP contribution in [0.5, 0.6) is 0 Å². The van der Waals surface area contributed by atoms with E-state index in [2.05, 4.69) is 0 Å². The van der Waals surface area contributed by atoms with Crippen molar-refractivity contribution in [2.45, 2.75) is 19.1 Å². The summed E-state index contributed by atoms with van der Waals surface area (Å²) in [5.41, 5.74) is 5.52. The summed E-state index contributed by atoms with van der Waals surface area (Å²) in [4.78, 5) is 10.8. The summed E-state index contributed by atoms with van der Waals surface area (Å²) in [6, 6.07) is 5.05. The van der Waals surface area contributed by atoms with Gasteiger partial charge in [-0.05, 0) is 19.1 Å². The molecule has 2 N–H and O–H groups in total. The lowest BCUT2D eigenvalue weighted by molar-refractivity contribution is -0.111. The Morgan fingerprint density at radius 3 is 2.42 bits per heavy atom. The van der Waals surface area contributed by atoms with Gasteiger partial charge >= 0.3 is 6.09 Å². The van der Waals surface area contributed by atoms with E-state index in [4.69, 9.17) is 43.1 Å². The molecule has 0 aliphatic heterocycles. The molecular weight excluding hydrogens is 293 g/mol. The highest BCUT2D eigenvalue weighted by Gasteiger charge is 2.27. The van der Waals surface area contributed by atoms with E-state index < -0.39 is 18.3 Å². The number of carbonyl (C=O) groups excluding carboxylic acids is 1. The van der Waals surface area contributed by atoms with Gasteiger partial charge in [0.05, 0.1) is 0 Å². The second-order valence-electron chi connectivity index (χ2n) is 3.77. The molecule has 0 heterocycles. The number of methoxy groups -OCH3 is 1. The summed E-state index contributed by atoms with van der Waals surface area (Å²) < 4.78 is 15.2. The van der Waals surface area contributed by atoms with Gasteiger partial charge in [0, 0.05) is 22.7 Å². The summed E-state index contributed by atoms with van der Waals surface area (Å²) in [5.74, 6) is 0. The first kappa shape index (κ1) is 16.0. The maximum Gasteiger partial charge on any atom is 0.404 e. The molecule has 106 valence electrons. The maximum atomic E-state index is 10.8. The number of carbonyl (C=O) groups is 1. The zero-order chi connectivity index (χ0) is 14.4. The van der Waals surface area contributed by atoms with E-state index in [1.807, 2.05) is 0 Å². The van der Waals surface area contributed by atoms with E-state index in [0.29, 0.717) is 15.6 Å². The van der Waals surface area contributed by atoms with Gasteiger partial charge in [-0.1, -0.05) is 29.3 Å². The number of ether oxygens (including phenoxy) is 3. The van der Waals surface area contributed by atoms with Crippen molar-refractivity contribution < 1.29 is 19.0 Å². The Hall–Kier alpha value is -1.01. The minimum atomic E-state index is -0.901. The number of rotatable bonds is 6. The molecule has 7 heteroatoms. The van der Waals surface area contributed by atoms with Crippen LogP contribution in [0.4, 0.5) is 4.79 Å². The predicted octanol–water partition coefficient (Wildman–Crippen LogP) is 3.14. The Kier molecular flexibility index (Phi) is 6.37. The van der Waals surface area contributed by atoms with Crippen molar-refractivity contribution in [3.63, 3.8) is 0 Å². The zero-order valence-corrected chi connectivity index (χ0v) is 12.1. The van der Waals surface area contributed by atoms with Crippen LogP contribution in [0.3, 0.4) is 0 Å². The summed E-state index contributed by atoms with van der Waals surface area (Å²) in [6.45, 7) is 1.63. The molecule has 0 unspecified atom stereocenters. The minimum Gasteiger partial charge on any atom is -0.444 e. The lowest BCUT2D eigenvalue weighted by atomic mass is 10.0. The highest BCUT2D eigenvalue weighted by Crippen LogP contribution is 2.35. The number of amides is 1. The molecule has 0 radical (unpaired) electrons. The van der Waals surface area contributed by atoms with E-state index in [0.717, 1.165) is 0 Å². The largest absolute Gasteiger partial charge is 0.444 e. The van der Waals surface area contributed by atoms with Crippen molar-refractivity contribution in [2.75, 3.05) is 13.9 Å². The monoisotopic (exact) mass is 307 g/mol. The van der Waals surface area contributed by atoms with Crippen molar-refractivity contribution in [1.82, 2.24) is 0 Å². The van der Waals surface area contributed by atoms with Gasteiger partial charge in [0.15, 0.2) is 0 Å². The van der Waals surface area contributed by atoms with E-state index in [1.165, 1.54) is 7.11 Å². The van der Waals surface area contributed by atoms with Crippen LogP contribution >= 0.6 is 23.2 Å². The predicted molar refractivity (Wildman–Crippen MR) is 72.3 cm³/mol. The van der Waals surface area contributed by atoms with E-state index >= 15 is 0 Å². The van der Waals surface area contributed by atoms with Gasteiger partial charge in [-0.15, -0.1) is 0 Å². The second-order valence-corrected chi connectivity index (χ2v) is 4.59. The van der Waals surface area contributed by atoms with Crippen LogP contribution in [0.2, 0.25) is 10.0 Å². The molecule has 0 spiro atoms. The molecule has 0 saturated heterocycles. The Balaban J connectivity index is 3.04. The smallest absolute Gasteiger partial charge is 0.404 e. The third kappa shape index (κ3) is 4.54. The number of halogens is 2. The third-order valence-corrected chi connectivity index (χ3v) is 3.04. The van der Waals surface area contributed by atoms with Gasteiger partial charge in [-0.25, -0.2) is 4.79 Å². The Morgan fingerprint density at radius 1 is 1.37 bits per heavy atom. The first-order valence-electron chi connectivity index (χ1n) is 5.48. The topological polar surface area (TPSA) is 70.8 Å². The third-order valence-electron chi connectivity index (χ3n) is 2.38. The summed E-state index contributed by atoms with van der Waals surface area (Å²) in [7, 11) is 1.48. The number of hydrogen-bond donors (Lipinski definition) is 1. The van der Waals surface area contributed by atoms with Crippen LogP contribution < -0.4 is 5.73 Å². The number of hydrogen-bond acceptors (Lipinski definition) is 4. The van der Waals surface area contributed by atoms with Crippen molar-refractivity contribution in [3.8, 4) is 0 Å². The molecule has 0 fully saturated rings. The quantitative estimate of drug-likeness (QED) is 0.820. The van der Waals surface area contributed by atoms with Gasteiger partial charge in [-0.3, -0.25) is 0 Å². The van der Waals surface area contributed by atoms with E-state index in [-0.39, 0.29) is 6.79 Å². The molecule has 0 bridgehead atoms. The molecule has 0 saturated carbocycles. The summed E-state index contributed by atoms with van der Waals surface area (Å²) >= 11 is 12.2. The fourth-order valence-corrected chi connectivity index (χ4v) is 2.23. The molecule has 0 aliphatic carbocycles. The summed E-state index contributed by atoms with van der Waals surface area (Å²) in [6.07, 6.45) is -2.24. The molecule has 19 heavy (non-hydrogen) atoms. The van der Waals surface area contributed by atoms with Crippen molar-refractivity contribution in [1.29, 1.82) is 0 Å². The van der Waals surface area contributed by atoms with Crippen LogP contribution in [0.15, 0.2) is 18.2 Å². The van der Waals surface area contributed by atoms with Crippen LogP contribution in [-0.4, -0.2) is 26.1 Å². The average Bonchev–Trinajstić information content (AvgIpc) is 2.31. The van der Waals surface area contributed by atoms with Crippen molar-refractivity contribution >= 4 is 29.3 Å². The van der Waals surface area contributed by atoms with Crippen LogP contribution in [0.1, 0.15) is 18.6 Å². The van der Waals surface area contributed by atoms with Gasteiger partial charge < -0.3 is 19.9 Å². The molecular formula is C12H15Cl2NO4. The number of nitrogens with two attached hydrogens (primary N) is 1. The highest BCUT2D eigenvalue weighted by atomic mass is 35.5. The van der Waals surface area contributed by atoms with Gasteiger partial charge in [-0.2, -0.15) is 0 Å². The molecule has 2 atom stereocenters. The molecule has 1 aromatic rings. The van der Waals surface area contributed by atoms with Crippen molar-refractivity contribution in [3.05, 3.63) is 33.8 Å². The van der Waals surface area contributed by atoms with Gasteiger partial charge in [0.2, 0.25) is 0 Å². The van der Waals surface area contributed by atoms with E-state index in [9.17, 15) is 4.79 Å². The lowest BCUT2D eigenvalue weighted by Crippen LogP contribution is -2.28. The van der Waals surface area contributed by atoms with Crippen LogP contribution in [0.25, 0.3) is 0 Å². The molecule has 1 aromatic carbocycles. The Bertz CT molecular complexity index is 421. The maximum absolute atomic E-state index is 10.8. The average molecular weight is 308 g/mol. The zero-order valence-electron chi connectivity index (χ0n) is 10.6. The Morgan fingerprint density at radius 2 is 1.95 bits per heavy atom. The van der Waals surface area contributed by atoms with Gasteiger partial charge in [0.25, 0.3) is 0 Å². The minimum absolute atomic E-state index is 0.00131. The second kappa shape index (κ2) is 7.55. The first-order valence-corrected chi connectivity index (χ1v) is 6.23. The Labute approximate surface area is 121 Å². The SMILES string of the molecule is COCO[C@@H](c1c(Cl)cccc1Cl)[C@H](C)OC(N)=O. The van der Waals surface area contributed by atoms with Gasteiger partial charge in [0.1, 0.15) is 19.0 Å². The molecule has 0 aromatic heterocycles. The first-order chi connectivity index (χ1) is 8.97. The fraction of sp³-hybridized carbons (Fsp3) is 0.417. The molecule has 1 amide bonds. The summed E-state index contributed by atoms with van der Waals surface area (Å²) in [5, 5.41) is 0.821. The van der Waals surface area contributed by atoms with Crippen LogP contribution in [0, 0.1) is 0 Å².